The van der Waals surface area contributed by atoms with E-state index < -0.39 is 5.92 Å². The molecule has 3 heterocycles. The van der Waals surface area contributed by atoms with Gasteiger partial charge in [0.2, 0.25) is 5.91 Å². The van der Waals surface area contributed by atoms with Crippen LogP contribution in [0.4, 0.5) is 0 Å². The zero-order chi connectivity index (χ0) is 28.9. The first-order chi connectivity index (χ1) is 20.5. The molecule has 3 aliphatic heterocycles. The Hall–Kier alpha value is -3.16. The van der Waals surface area contributed by atoms with Gasteiger partial charge >= 0.3 is 0 Å². The van der Waals surface area contributed by atoms with Crippen LogP contribution in [-0.2, 0) is 4.79 Å². The Bertz CT molecular complexity index is 1290. The van der Waals surface area contributed by atoms with Gasteiger partial charge < -0.3 is 20.7 Å². The molecule has 1 aliphatic carbocycles. The average molecular weight is 571 g/mol. The van der Waals surface area contributed by atoms with Crippen LogP contribution in [0.25, 0.3) is 0 Å². The molecule has 224 valence electrons. The monoisotopic (exact) mass is 570 g/mol. The molecule has 0 aromatic heterocycles. The minimum atomic E-state index is -0.519. The molecule has 3 N–H and O–H groups in total. The predicted molar refractivity (Wildman–Crippen MR) is 166 cm³/mol. The van der Waals surface area contributed by atoms with E-state index >= 15 is 0 Å². The summed E-state index contributed by atoms with van der Waals surface area (Å²) in [5.41, 5.74) is 9.87. The molecular weight excluding hydrogens is 524 g/mol. The van der Waals surface area contributed by atoms with E-state index in [1.165, 1.54) is 44.9 Å². The number of amides is 2. The van der Waals surface area contributed by atoms with E-state index in [1.54, 1.807) is 5.57 Å². The van der Waals surface area contributed by atoms with Crippen LogP contribution in [0.3, 0.4) is 0 Å². The van der Waals surface area contributed by atoms with E-state index in [1.807, 2.05) is 47.4 Å². The number of hydrogen-bond acceptors (Lipinski definition) is 5. The van der Waals surface area contributed by atoms with Crippen LogP contribution in [0.1, 0.15) is 98.0 Å². The second kappa shape index (κ2) is 13.4. The average Bonchev–Trinajstić information content (AvgIpc) is 3.14. The van der Waals surface area contributed by atoms with Crippen LogP contribution in [0.5, 0.6) is 11.5 Å². The highest BCUT2D eigenvalue weighted by Gasteiger charge is 2.35. The lowest BCUT2D eigenvalue weighted by Crippen LogP contribution is -2.46. The van der Waals surface area contributed by atoms with Gasteiger partial charge in [0, 0.05) is 61.5 Å². The van der Waals surface area contributed by atoms with Crippen LogP contribution in [0.2, 0.25) is 0 Å². The van der Waals surface area contributed by atoms with Crippen LogP contribution in [0, 0.1) is 0 Å². The lowest BCUT2D eigenvalue weighted by Gasteiger charge is -2.35. The maximum atomic E-state index is 14.0. The molecular formula is C35H46N4O3. The van der Waals surface area contributed by atoms with Crippen molar-refractivity contribution in [3.8, 4) is 11.5 Å². The van der Waals surface area contributed by atoms with E-state index in [0.29, 0.717) is 30.2 Å². The van der Waals surface area contributed by atoms with Gasteiger partial charge in [-0.15, -0.1) is 0 Å². The van der Waals surface area contributed by atoms with Crippen molar-refractivity contribution in [1.82, 2.24) is 15.1 Å². The second-order valence-corrected chi connectivity index (χ2v) is 12.7. The van der Waals surface area contributed by atoms with E-state index in [2.05, 4.69) is 16.3 Å². The SMILES string of the molecule is NC1CCN(C(=O)c2ccc3c(c2)C(C(=O)NC2CCN(C/C4=C/CCCCCCC4)CC2)c2ccccc2O3)CC1. The number of nitrogens with one attached hydrogen (secondary N) is 1. The van der Waals surface area contributed by atoms with Crippen LogP contribution >= 0.6 is 0 Å². The molecule has 1 unspecified atom stereocenters. The number of carbonyl (C=O) groups is 2. The van der Waals surface area contributed by atoms with Gasteiger partial charge in [0.1, 0.15) is 11.5 Å². The molecule has 2 amide bonds. The Morgan fingerprint density at radius 2 is 1.60 bits per heavy atom. The number of benzene rings is 2. The van der Waals surface area contributed by atoms with Crippen molar-refractivity contribution in [3.05, 3.63) is 70.8 Å². The molecule has 0 radical (unpaired) electrons. The van der Waals surface area contributed by atoms with Gasteiger partial charge in [0.15, 0.2) is 0 Å². The Balaban J connectivity index is 1.14. The third-order valence-electron chi connectivity index (χ3n) is 9.60. The van der Waals surface area contributed by atoms with Crippen molar-refractivity contribution in [2.45, 2.75) is 88.6 Å². The van der Waals surface area contributed by atoms with Gasteiger partial charge in [0.05, 0.1) is 5.92 Å². The van der Waals surface area contributed by atoms with Crippen LogP contribution in [0.15, 0.2) is 54.1 Å². The topological polar surface area (TPSA) is 87.9 Å². The molecule has 7 heteroatoms. The van der Waals surface area contributed by atoms with Crippen LogP contribution in [-0.4, -0.2) is 66.4 Å². The first-order valence-corrected chi connectivity index (χ1v) is 16.2. The maximum absolute atomic E-state index is 14.0. The summed E-state index contributed by atoms with van der Waals surface area (Å²) in [6.45, 7) is 4.40. The quantitative estimate of drug-likeness (QED) is 0.448. The molecule has 2 saturated heterocycles. The Kier molecular flexibility index (Phi) is 9.25. The number of nitrogens with zero attached hydrogens (tertiary/aromatic N) is 2. The molecule has 0 spiro atoms. The number of ether oxygens (including phenoxy) is 1. The molecule has 2 aromatic rings. The fraction of sp³-hybridized carbons (Fsp3) is 0.543. The lowest BCUT2D eigenvalue weighted by molar-refractivity contribution is -0.122. The van der Waals surface area contributed by atoms with Crippen molar-refractivity contribution in [3.63, 3.8) is 0 Å². The highest BCUT2D eigenvalue weighted by atomic mass is 16.5. The second-order valence-electron chi connectivity index (χ2n) is 12.7. The van der Waals surface area contributed by atoms with Crippen molar-refractivity contribution >= 4 is 11.8 Å². The minimum Gasteiger partial charge on any atom is -0.457 e. The summed E-state index contributed by atoms with van der Waals surface area (Å²) < 4.78 is 6.22. The number of nitrogens with two attached hydrogens (primary N) is 1. The fourth-order valence-corrected chi connectivity index (χ4v) is 7.05. The van der Waals surface area contributed by atoms with E-state index in [0.717, 1.165) is 56.4 Å². The highest BCUT2D eigenvalue weighted by molar-refractivity contribution is 5.96. The Morgan fingerprint density at radius 1 is 0.857 bits per heavy atom. The Morgan fingerprint density at radius 3 is 2.43 bits per heavy atom. The zero-order valence-corrected chi connectivity index (χ0v) is 24.9. The summed E-state index contributed by atoms with van der Waals surface area (Å²) in [4.78, 5) is 31.8. The summed E-state index contributed by atoms with van der Waals surface area (Å²) >= 11 is 0. The van der Waals surface area contributed by atoms with E-state index in [4.69, 9.17) is 10.5 Å². The van der Waals surface area contributed by atoms with Crippen molar-refractivity contribution in [1.29, 1.82) is 0 Å². The van der Waals surface area contributed by atoms with Gasteiger partial charge in [-0.05, 0) is 75.6 Å². The lowest BCUT2D eigenvalue weighted by atomic mass is 9.85. The standard InChI is InChI=1S/C35H46N4O3/c36-27-15-21-39(22-16-27)35(41)26-13-14-32-30(23-26)33(29-11-7-8-12-31(29)42-32)34(40)37-28-17-19-38(20-18-28)24-25-9-5-3-1-2-4-6-10-25/h7-9,11-14,23,27-28,33H,1-6,10,15-22,24,36H2,(H,37,40)/b25-9+. The number of carbonyl (C=O) groups excluding carboxylic acids is 2. The summed E-state index contributed by atoms with van der Waals surface area (Å²) in [7, 11) is 0. The molecule has 0 saturated carbocycles. The summed E-state index contributed by atoms with van der Waals surface area (Å²) in [5.74, 6) is 0.800. The number of allylic oxidation sites excluding steroid dienone is 1. The molecule has 2 fully saturated rings. The largest absolute Gasteiger partial charge is 0.457 e. The van der Waals surface area contributed by atoms with Gasteiger partial charge in [-0.2, -0.15) is 0 Å². The van der Waals surface area contributed by atoms with Gasteiger partial charge in [-0.1, -0.05) is 49.1 Å². The van der Waals surface area contributed by atoms with E-state index in [-0.39, 0.29) is 23.9 Å². The highest BCUT2D eigenvalue weighted by Crippen LogP contribution is 2.44. The van der Waals surface area contributed by atoms with Crippen LogP contribution < -0.4 is 15.8 Å². The number of piperidine rings is 2. The molecule has 6 rings (SSSR count). The number of hydrogen-bond donors (Lipinski definition) is 2. The van der Waals surface area contributed by atoms with Crippen molar-refractivity contribution < 1.29 is 14.3 Å². The molecule has 0 bridgehead atoms. The van der Waals surface area contributed by atoms with Gasteiger partial charge in [0.25, 0.3) is 5.91 Å². The normalized spacial score (nSPS) is 23.7. The smallest absolute Gasteiger partial charge is 0.253 e. The molecule has 42 heavy (non-hydrogen) atoms. The molecule has 2 aromatic carbocycles. The number of para-hydroxylation sites is 1. The van der Waals surface area contributed by atoms with Gasteiger partial charge in [-0.3, -0.25) is 14.5 Å². The number of likely N-dealkylation sites (tertiary alicyclic amines) is 2. The first-order valence-electron chi connectivity index (χ1n) is 16.2. The minimum absolute atomic E-state index is 0.00915. The predicted octanol–water partition coefficient (Wildman–Crippen LogP) is 5.74. The fourth-order valence-electron chi connectivity index (χ4n) is 7.05. The van der Waals surface area contributed by atoms with E-state index in [9.17, 15) is 9.59 Å². The third-order valence-corrected chi connectivity index (χ3v) is 9.60. The van der Waals surface area contributed by atoms with Gasteiger partial charge in [-0.25, -0.2) is 0 Å². The van der Waals surface area contributed by atoms with Crippen molar-refractivity contribution in [2.24, 2.45) is 5.73 Å². The summed E-state index contributed by atoms with van der Waals surface area (Å²) in [6, 6.07) is 13.6. The first kappa shape index (κ1) is 28.9. The number of rotatable bonds is 5. The molecule has 1 atom stereocenters. The zero-order valence-electron chi connectivity index (χ0n) is 24.9. The summed E-state index contributed by atoms with van der Waals surface area (Å²) in [5, 5.41) is 3.39. The number of fused-ring (bicyclic) bond motifs is 2. The summed E-state index contributed by atoms with van der Waals surface area (Å²) in [6.07, 6.45) is 15.2. The Labute approximate surface area is 250 Å². The maximum Gasteiger partial charge on any atom is 0.253 e. The molecule has 7 nitrogen and oxygen atoms in total. The van der Waals surface area contributed by atoms with Crippen molar-refractivity contribution in [2.75, 3.05) is 32.7 Å². The third kappa shape index (κ3) is 6.73. The molecule has 4 aliphatic rings.